The molecule has 0 N–H and O–H groups in total. The zero-order valence-electron chi connectivity index (χ0n) is 21.8. The van der Waals surface area contributed by atoms with Gasteiger partial charge in [0.1, 0.15) is 5.60 Å². The molecular weight excluding hydrogens is 466 g/mol. The fourth-order valence-electron chi connectivity index (χ4n) is 4.12. The van der Waals surface area contributed by atoms with Crippen LogP contribution in [0.5, 0.6) is 11.5 Å². The molecule has 0 aromatic heterocycles. The van der Waals surface area contributed by atoms with Crippen molar-refractivity contribution in [2.24, 2.45) is 0 Å². The SMILES string of the molecule is COC(=O)/C=C/c1cccc(N(Cc2ccc3c(c2OC)OC(C)(C)C=C3)C(=O)c2ccc(C)cc2)c1. The van der Waals surface area contributed by atoms with E-state index >= 15 is 0 Å². The third-order valence-electron chi connectivity index (χ3n) is 6.12. The first-order valence-electron chi connectivity index (χ1n) is 12.0. The number of nitrogens with zero attached hydrogens (tertiary/aromatic N) is 1. The van der Waals surface area contributed by atoms with E-state index in [1.807, 2.05) is 93.6 Å². The topological polar surface area (TPSA) is 65.1 Å². The maximum atomic E-state index is 13.8. The van der Waals surface area contributed by atoms with E-state index in [1.165, 1.54) is 13.2 Å². The maximum Gasteiger partial charge on any atom is 0.330 e. The second-order valence-electron chi connectivity index (χ2n) is 9.42. The first-order valence-corrected chi connectivity index (χ1v) is 12.0. The predicted molar refractivity (Wildman–Crippen MR) is 146 cm³/mol. The molecule has 0 radical (unpaired) electrons. The fourth-order valence-corrected chi connectivity index (χ4v) is 4.12. The Bertz CT molecular complexity index is 1370. The molecule has 6 nitrogen and oxygen atoms in total. The summed E-state index contributed by atoms with van der Waals surface area (Å²) in [6.45, 7) is 6.20. The summed E-state index contributed by atoms with van der Waals surface area (Å²) in [6.07, 6.45) is 7.04. The van der Waals surface area contributed by atoms with E-state index < -0.39 is 11.6 Å². The lowest BCUT2D eigenvalue weighted by atomic mass is 9.99. The van der Waals surface area contributed by atoms with Crippen molar-refractivity contribution >= 4 is 29.7 Å². The summed E-state index contributed by atoms with van der Waals surface area (Å²) in [5, 5.41) is 0. The van der Waals surface area contributed by atoms with Gasteiger partial charge in [-0.25, -0.2) is 4.79 Å². The smallest absolute Gasteiger partial charge is 0.330 e. The molecular formula is C31H31NO5. The Morgan fingerprint density at radius 3 is 2.49 bits per heavy atom. The highest BCUT2D eigenvalue weighted by molar-refractivity contribution is 6.06. The molecule has 1 heterocycles. The first kappa shape index (κ1) is 25.8. The highest BCUT2D eigenvalue weighted by atomic mass is 16.5. The molecule has 6 heteroatoms. The monoisotopic (exact) mass is 497 g/mol. The summed E-state index contributed by atoms with van der Waals surface area (Å²) in [7, 11) is 2.94. The molecule has 1 aliphatic heterocycles. The Hall–Kier alpha value is -4.32. The minimum atomic E-state index is -0.476. The Morgan fingerprint density at radius 1 is 1.03 bits per heavy atom. The van der Waals surface area contributed by atoms with Crippen LogP contribution in [0.25, 0.3) is 12.2 Å². The predicted octanol–water partition coefficient (Wildman–Crippen LogP) is 6.22. The van der Waals surface area contributed by atoms with Crippen molar-refractivity contribution in [3.8, 4) is 11.5 Å². The second kappa shape index (κ2) is 10.7. The normalized spacial score (nSPS) is 13.5. The van der Waals surface area contributed by atoms with Crippen LogP contribution in [0.1, 0.15) is 46.5 Å². The van der Waals surface area contributed by atoms with Gasteiger partial charge in [-0.2, -0.15) is 0 Å². The third-order valence-corrected chi connectivity index (χ3v) is 6.12. The molecule has 0 unspecified atom stereocenters. The second-order valence-corrected chi connectivity index (χ2v) is 9.42. The van der Waals surface area contributed by atoms with E-state index in [-0.39, 0.29) is 12.5 Å². The molecule has 3 aromatic rings. The lowest BCUT2D eigenvalue weighted by Crippen LogP contribution is -2.31. The number of hydrogen-bond donors (Lipinski definition) is 0. The highest BCUT2D eigenvalue weighted by Gasteiger charge is 2.28. The number of ether oxygens (including phenoxy) is 3. The minimum absolute atomic E-state index is 0.157. The number of anilines is 1. The van der Waals surface area contributed by atoms with Crippen LogP contribution < -0.4 is 14.4 Å². The summed E-state index contributed by atoms with van der Waals surface area (Å²) in [6, 6.07) is 18.9. The number of aryl methyl sites for hydroxylation is 1. The van der Waals surface area contributed by atoms with Crippen molar-refractivity contribution in [3.63, 3.8) is 0 Å². The van der Waals surface area contributed by atoms with E-state index in [9.17, 15) is 9.59 Å². The van der Waals surface area contributed by atoms with Crippen molar-refractivity contribution in [2.75, 3.05) is 19.1 Å². The van der Waals surface area contributed by atoms with Gasteiger partial charge in [-0.05, 0) is 62.8 Å². The lowest BCUT2D eigenvalue weighted by molar-refractivity contribution is -0.134. The van der Waals surface area contributed by atoms with E-state index in [4.69, 9.17) is 14.2 Å². The molecule has 0 fully saturated rings. The molecule has 0 saturated heterocycles. The Labute approximate surface area is 217 Å². The van der Waals surface area contributed by atoms with Crippen molar-refractivity contribution in [3.05, 3.63) is 101 Å². The first-order chi connectivity index (χ1) is 17.7. The van der Waals surface area contributed by atoms with Crippen LogP contribution in [0, 0.1) is 6.92 Å². The van der Waals surface area contributed by atoms with Crippen LogP contribution in [0.4, 0.5) is 5.69 Å². The van der Waals surface area contributed by atoms with Crippen LogP contribution in [-0.4, -0.2) is 31.7 Å². The molecule has 1 aliphatic rings. The van der Waals surface area contributed by atoms with Crippen LogP contribution in [0.2, 0.25) is 0 Å². The summed E-state index contributed by atoms with van der Waals surface area (Å²) < 4.78 is 16.8. The van der Waals surface area contributed by atoms with Crippen molar-refractivity contribution < 1.29 is 23.8 Å². The number of hydrogen-bond acceptors (Lipinski definition) is 5. The van der Waals surface area contributed by atoms with Gasteiger partial charge in [-0.1, -0.05) is 48.0 Å². The average molecular weight is 498 g/mol. The highest BCUT2D eigenvalue weighted by Crippen LogP contribution is 2.42. The lowest BCUT2D eigenvalue weighted by Gasteiger charge is -2.31. The van der Waals surface area contributed by atoms with Crippen molar-refractivity contribution in [2.45, 2.75) is 32.9 Å². The number of amides is 1. The Balaban J connectivity index is 1.77. The summed E-state index contributed by atoms with van der Waals surface area (Å²) in [5.74, 6) is 0.646. The number of fused-ring (bicyclic) bond motifs is 1. The van der Waals surface area contributed by atoms with Gasteiger partial charge >= 0.3 is 5.97 Å². The van der Waals surface area contributed by atoms with Gasteiger partial charge in [-0.3, -0.25) is 4.79 Å². The van der Waals surface area contributed by atoms with Crippen molar-refractivity contribution in [1.82, 2.24) is 0 Å². The van der Waals surface area contributed by atoms with Gasteiger partial charge in [0.2, 0.25) is 0 Å². The largest absolute Gasteiger partial charge is 0.492 e. The average Bonchev–Trinajstić information content (AvgIpc) is 2.89. The Morgan fingerprint density at radius 2 is 1.78 bits per heavy atom. The zero-order valence-corrected chi connectivity index (χ0v) is 21.8. The van der Waals surface area contributed by atoms with Gasteiger partial charge in [0.05, 0.1) is 20.8 Å². The molecule has 0 spiro atoms. The fraction of sp³-hybridized carbons (Fsp3) is 0.226. The van der Waals surface area contributed by atoms with Gasteiger partial charge in [-0.15, -0.1) is 0 Å². The molecule has 4 rings (SSSR count). The number of benzene rings is 3. The number of carbonyl (C=O) groups excluding carboxylic acids is 2. The summed E-state index contributed by atoms with van der Waals surface area (Å²) in [5.41, 5.74) is 4.34. The van der Waals surface area contributed by atoms with Gasteiger partial charge < -0.3 is 19.1 Å². The number of methoxy groups -OCH3 is 2. The number of rotatable bonds is 7. The van der Waals surface area contributed by atoms with E-state index in [2.05, 4.69) is 0 Å². The van der Waals surface area contributed by atoms with Crippen LogP contribution in [0.3, 0.4) is 0 Å². The van der Waals surface area contributed by atoms with E-state index in [0.717, 1.165) is 22.3 Å². The standard InChI is InChI=1S/C31H31NO5/c1-21-9-12-24(13-10-21)30(34)32(26-8-6-7-22(19-26)11-16-27(33)35-4)20-25-15-14-23-17-18-31(2,3)37-29(23)28(25)36-5/h6-19H,20H2,1-5H3/b16-11+. The van der Waals surface area contributed by atoms with Crippen LogP contribution in [0.15, 0.2) is 72.8 Å². The van der Waals surface area contributed by atoms with Crippen molar-refractivity contribution in [1.29, 1.82) is 0 Å². The summed E-state index contributed by atoms with van der Waals surface area (Å²) >= 11 is 0. The Kier molecular flexibility index (Phi) is 7.48. The quantitative estimate of drug-likeness (QED) is 0.286. The summed E-state index contributed by atoms with van der Waals surface area (Å²) in [4.78, 5) is 27.1. The van der Waals surface area contributed by atoms with Crippen LogP contribution >= 0.6 is 0 Å². The molecule has 3 aromatic carbocycles. The molecule has 0 atom stereocenters. The number of esters is 1. The van der Waals surface area contributed by atoms with Crippen LogP contribution in [-0.2, 0) is 16.1 Å². The van der Waals surface area contributed by atoms with Gasteiger partial charge in [0.25, 0.3) is 5.91 Å². The third kappa shape index (κ3) is 5.92. The molecule has 190 valence electrons. The number of carbonyl (C=O) groups is 2. The minimum Gasteiger partial charge on any atom is -0.492 e. The molecule has 0 bridgehead atoms. The molecule has 0 saturated carbocycles. The van der Waals surface area contributed by atoms with E-state index in [0.29, 0.717) is 22.7 Å². The molecule has 1 amide bonds. The maximum absolute atomic E-state index is 13.8. The zero-order chi connectivity index (χ0) is 26.6. The van der Waals surface area contributed by atoms with E-state index in [1.54, 1.807) is 18.1 Å². The molecule has 0 aliphatic carbocycles. The van der Waals surface area contributed by atoms with Gasteiger partial charge in [0, 0.05) is 28.5 Å². The molecule has 37 heavy (non-hydrogen) atoms. The van der Waals surface area contributed by atoms with Gasteiger partial charge in [0.15, 0.2) is 11.5 Å².